The zero-order valence-electron chi connectivity index (χ0n) is 13.8. The van der Waals surface area contributed by atoms with Crippen LogP contribution < -0.4 is 0 Å². The summed E-state index contributed by atoms with van der Waals surface area (Å²) in [5.74, 6) is -0.241. The van der Waals surface area contributed by atoms with E-state index in [1.807, 2.05) is 6.92 Å². The highest BCUT2D eigenvalue weighted by atomic mass is 32.1. The zero-order valence-corrected chi connectivity index (χ0v) is 14.6. The third-order valence-corrected chi connectivity index (χ3v) is 4.56. The second-order valence-electron chi connectivity index (χ2n) is 6.05. The Morgan fingerprint density at radius 1 is 1.61 bits per heavy atom. The number of rotatable bonds is 10. The van der Waals surface area contributed by atoms with Crippen LogP contribution in [0.5, 0.6) is 0 Å². The molecule has 0 saturated carbocycles. The lowest BCUT2D eigenvalue weighted by Gasteiger charge is -2.27. The maximum absolute atomic E-state index is 11.4. The van der Waals surface area contributed by atoms with E-state index in [1.165, 1.54) is 5.56 Å². The van der Waals surface area contributed by atoms with E-state index in [2.05, 4.69) is 21.7 Å². The molecule has 1 fully saturated rings. The third-order valence-electron chi connectivity index (χ3n) is 3.83. The second kappa shape index (κ2) is 10.0. The highest BCUT2D eigenvalue weighted by Crippen LogP contribution is 2.16. The Balaban J connectivity index is 1.81. The van der Waals surface area contributed by atoms with Gasteiger partial charge in [0.05, 0.1) is 6.10 Å². The maximum Gasteiger partial charge on any atom is 0.305 e. The molecule has 23 heavy (non-hydrogen) atoms. The molecule has 6 heteroatoms. The van der Waals surface area contributed by atoms with Crippen LogP contribution in [0, 0.1) is 0 Å². The van der Waals surface area contributed by atoms with Gasteiger partial charge in [0.15, 0.2) is 0 Å². The Hall–Kier alpha value is -0.950. The van der Waals surface area contributed by atoms with E-state index in [-0.39, 0.29) is 18.7 Å². The number of esters is 1. The van der Waals surface area contributed by atoms with Crippen molar-refractivity contribution in [2.24, 2.45) is 0 Å². The van der Waals surface area contributed by atoms with Crippen molar-refractivity contribution in [2.45, 2.75) is 51.4 Å². The summed E-state index contributed by atoms with van der Waals surface area (Å²) in [5.41, 5.74) is 1.24. The number of hydrogen-bond donors (Lipinski definition) is 1. The van der Waals surface area contributed by atoms with Gasteiger partial charge in [-0.15, -0.1) is 0 Å². The van der Waals surface area contributed by atoms with E-state index in [0.29, 0.717) is 13.0 Å². The normalized spacial score (nSPS) is 19.2. The van der Waals surface area contributed by atoms with Crippen molar-refractivity contribution in [2.75, 3.05) is 26.3 Å². The highest BCUT2D eigenvalue weighted by Gasteiger charge is 2.21. The third kappa shape index (κ3) is 6.99. The summed E-state index contributed by atoms with van der Waals surface area (Å²) in [6, 6.07) is 2.10. The zero-order chi connectivity index (χ0) is 16.5. The fraction of sp³-hybridized carbons (Fsp3) is 0.706. The monoisotopic (exact) mass is 341 g/mol. The van der Waals surface area contributed by atoms with E-state index in [1.54, 1.807) is 11.3 Å². The van der Waals surface area contributed by atoms with Gasteiger partial charge in [-0.05, 0) is 41.7 Å². The summed E-state index contributed by atoms with van der Waals surface area (Å²) in [6.45, 7) is 4.88. The summed E-state index contributed by atoms with van der Waals surface area (Å²) in [4.78, 5) is 13.6. The number of carbonyl (C=O) groups excluding carboxylic acids is 1. The first-order valence-electron chi connectivity index (χ1n) is 8.36. The molecule has 2 rings (SSSR count). The van der Waals surface area contributed by atoms with Crippen molar-refractivity contribution in [3.8, 4) is 0 Å². The van der Waals surface area contributed by atoms with E-state index >= 15 is 0 Å². The average molecular weight is 341 g/mol. The molecule has 1 aromatic heterocycles. The Bertz CT molecular complexity index is 445. The molecule has 1 aliphatic heterocycles. The smallest absolute Gasteiger partial charge is 0.305 e. The molecular weight excluding hydrogens is 314 g/mol. The Kier molecular flexibility index (Phi) is 8.02. The van der Waals surface area contributed by atoms with Crippen LogP contribution in [-0.4, -0.2) is 54.5 Å². The van der Waals surface area contributed by atoms with Crippen LogP contribution >= 0.6 is 11.3 Å². The highest BCUT2D eigenvalue weighted by molar-refractivity contribution is 7.07. The van der Waals surface area contributed by atoms with Crippen LogP contribution in [0.3, 0.4) is 0 Å². The lowest BCUT2D eigenvalue weighted by atomic mass is 10.2. The van der Waals surface area contributed by atoms with Gasteiger partial charge in [0.1, 0.15) is 12.7 Å². The summed E-state index contributed by atoms with van der Waals surface area (Å²) in [6.07, 6.45) is 2.91. The molecular formula is C17H27NO4S. The topological polar surface area (TPSA) is 59.0 Å². The van der Waals surface area contributed by atoms with Crippen molar-refractivity contribution in [3.63, 3.8) is 0 Å². The van der Waals surface area contributed by atoms with Crippen molar-refractivity contribution >= 4 is 17.3 Å². The van der Waals surface area contributed by atoms with Crippen LogP contribution in [-0.2, 0) is 20.8 Å². The molecule has 0 spiro atoms. The van der Waals surface area contributed by atoms with Crippen LogP contribution in [0.25, 0.3) is 0 Å². The molecule has 1 aromatic rings. The molecule has 2 unspecified atom stereocenters. The van der Waals surface area contributed by atoms with E-state index in [4.69, 9.17) is 9.47 Å². The number of thiophene rings is 1. The van der Waals surface area contributed by atoms with Crippen molar-refractivity contribution in [3.05, 3.63) is 22.4 Å². The fourth-order valence-electron chi connectivity index (χ4n) is 2.74. The molecule has 0 aromatic carbocycles. The summed E-state index contributed by atoms with van der Waals surface area (Å²) in [5, 5.41) is 14.4. The first-order chi connectivity index (χ1) is 11.2. The van der Waals surface area contributed by atoms with Crippen LogP contribution in [0.2, 0.25) is 0 Å². The molecule has 2 heterocycles. The molecule has 0 radical (unpaired) electrons. The van der Waals surface area contributed by atoms with E-state index < -0.39 is 6.10 Å². The van der Waals surface area contributed by atoms with Gasteiger partial charge in [-0.1, -0.05) is 6.92 Å². The predicted octanol–water partition coefficient (Wildman–Crippen LogP) is 2.43. The minimum atomic E-state index is -0.671. The average Bonchev–Trinajstić information content (AvgIpc) is 3.19. The molecule has 0 aliphatic carbocycles. The van der Waals surface area contributed by atoms with Crippen molar-refractivity contribution in [1.29, 1.82) is 0 Å². The molecule has 0 bridgehead atoms. The lowest BCUT2D eigenvalue weighted by Crippen LogP contribution is -2.39. The standard InChI is InChI=1S/C17H27NO4S/c1-2-4-17(20)22-12-15(19)10-18(9-14-6-8-23-13-14)11-16-5-3-7-21-16/h6,8,13,15-16,19H,2-5,7,9-12H2,1H3. The van der Waals surface area contributed by atoms with Crippen molar-refractivity contribution in [1.82, 2.24) is 4.90 Å². The summed E-state index contributed by atoms with van der Waals surface area (Å²) >= 11 is 1.67. The number of aliphatic hydroxyl groups excluding tert-OH is 1. The van der Waals surface area contributed by atoms with Crippen LogP contribution in [0.15, 0.2) is 16.8 Å². The van der Waals surface area contributed by atoms with Gasteiger partial charge < -0.3 is 14.6 Å². The van der Waals surface area contributed by atoms with Gasteiger partial charge in [0.2, 0.25) is 0 Å². The maximum atomic E-state index is 11.4. The van der Waals surface area contributed by atoms with Gasteiger partial charge in [0, 0.05) is 32.7 Å². The molecule has 1 N–H and O–H groups in total. The largest absolute Gasteiger partial charge is 0.463 e. The Labute approximate surface area is 142 Å². The van der Waals surface area contributed by atoms with Gasteiger partial charge in [-0.2, -0.15) is 11.3 Å². The molecule has 5 nitrogen and oxygen atoms in total. The molecule has 130 valence electrons. The number of aliphatic hydroxyl groups is 1. The molecule has 0 amide bonds. The molecule has 1 saturated heterocycles. The minimum Gasteiger partial charge on any atom is -0.463 e. The Morgan fingerprint density at radius 3 is 3.13 bits per heavy atom. The van der Waals surface area contributed by atoms with Crippen LogP contribution in [0.4, 0.5) is 0 Å². The van der Waals surface area contributed by atoms with Gasteiger partial charge in [0.25, 0.3) is 0 Å². The quantitative estimate of drug-likeness (QED) is 0.663. The number of ether oxygens (including phenoxy) is 2. The van der Waals surface area contributed by atoms with Crippen molar-refractivity contribution < 1.29 is 19.4 Å². The molecule has 2 atom stereocenters. The number of carbonyl (C=O) groups is 1. The van der Waals surface area contributed by atoms with Crippen LogP contribution in [0.1, 0.15) is 38.2 Å². The number of nitrogens with zero attached hydrogens (tertiary/aromatic N) is 1. The second-order valence-corrected chi connectivity index (χ2v) is 6.83. The summed E-state index contributed by atoms with van der Waals surface area (Å²) in [7, 11) is 0. The Morgan fingerprint density at radius 2 is 2.48 bits per heavy atom. The van der Waals surface area contributed by atoms with E-state index in [0.717, 1.165) is 39.0 Å². The SMILES string of the molecule is CCCC(=O)OCC(O)CN(Cc1ccsc1)CC1CCCO1. The van der Waals surface area contributed by atoms with Gasteiger partial charge in [-0.25, -0.2) is 0 Å². The lowest BCUT2D eigenvalue weighted by molar-refractivity contribution is -0.147. The summed E-state index contributed by atoms with van der Waals surface area (Å²) < 4.78 is 10.8. The minimum absolute atomic E-state index is 0.0600. The first kappa shape index (κ1) is 18.4. The van der Waals surface area contributed by atoms with Gasteiger partial charge >= 0.3 is 5.97 Å². The fourth-order valence-corrected chi connectivity index (χ4v) is 3.40. The number of hydrogen-bond acceptors (Lipinski definition) is 6. The first-order valence-corrected chi connectivity index (χ1v) is 9.30. The molecule has 1 aliphatic rings. The predicted molar refractivity (Wildman–Crippen MR) is 90.4 cm³/mol. The van der Waals surface area contributed by atoms with Gasteiger partial charge in [-0.3, -0.25) is 9.69 Å². The van der Waals surface area contributed by atoms with E-state index in [9.17, 15) is 9.90 Å².